The van der Waals surface area contributed by atoms with Crippen molar-refractivity contribution in [2.45, 2.75) is 50.6 Å². The molecule has 2 saturated heterocycles. The number of rotatable bonds is 5. The molecule has 2 aliphatic rings. The number of hydrogen-bond donors (Lipinski definition) is 2. The first-order valence-corrected chi connectivity index (χ1v) is 9.81. The van der Waals surface area contributed by atoms with Crippen LogP contribution in [0.25, 0.3) is 0 Å². The topological polar surface area (TPSA) is 54.0 Å². The lowest BCUT2D eigenvalue weighted by atomic mass is 9.89. The number of piperidine rings is 1. The second-order valence-corrected chi connectivity index (χ2v) is 8.39. The first kappa shape index (κ1) is 17.5. The van der Waals surface area contributed by atoms with Gasteiger partial charge in [-0.25, -0.2) is 13.8 Å². The number of carbonyl (C=O) groups excluding carboxylic acids is 1. The highest BCUT2D eigenvalue weighted by Gasteiger charge is 2.34. The van der Waals surface area contributed by atoms with Crippen LogP contribution in [0.5, 0.6) is 0 Å². The zero-order chi connectivity index (χ0) is 18.1. The molecule has 2 N–H and O–H groups in total. The Balaban J connectivity index is 1.32. The molecule has 4 rings (SSSR count). The fourth-order valence-corrected chi connectivity index (χ4v) is 4.93. The van der Waals surface area contributed by atoms with Crippen molar-refractivity contribution >= 4 is 22.4 Å². The normalized spacial score (nSPS) is 24.6. The summed E-state index contributed by atoms with van der Waals surface area (Å²) in [6.07, 6.45) is 7.06. The lowest BCUT2D eigenvalue weighted by Gasteiger charge is -2.28. The van der Waals surface area contributed by atoms with E-state index < -0.39 is 11.6 Å². The molecule has 1 amide bonds. The number of nitrogens with one attached hydrogen (secondary N) is 2. The van der Waals surface area contributed by atoms with Gasteiger partial charge in [0.05, 0.1) is 0 Å². The van der Waals surface area contributed by atoms with Crippen LogP contribution in [0.3, 0.4) is 0 Å². The minimum atomic E-state index is -0.588. The van der Waals surface area contributed by atoms with Gasteiger partial charge in [0.2, 0.25) is 5.91 Å². The summed E-state index contributed by atoms with van der Waals surface area (Å²) in [5, 5.41) is 6.98. The molecule has 2 fully saturated rings. The average Bonchev–Trinajstić information content (AvgIpc) is 3.16. The number of amides is 1. The highest BCUT2D eigenvalue weighted by Crippen LogP contribution is 2.33. The van der Waals surface area contributed by atoms with E-state index in [-0.39, 0.29) is 5.91 Å². The van der Waals surface area contributed by atoms with Gasteiger partial charge in [-0.15, -0.1) is 11.3 Å². The van der Waals surface area contributed by atoms with Gasteiger partial charge in [0, 0.05) is 42.1 Å². The summed E-state index contributed by atoms with van der Waals surface area (Å²) < 4.78 is 26.7. The third-order valence-electron chi connectivity index (χ3n) is 5.22. The summed E-state index contributed by atoms with van der Waals surface area (Å²) in [5.41, 5.74) is 0.415. The molecule has 0 aliphatic carbocycles. The Labute approximate surface area is 155 Å². The van der Waals surface area contributed by atoms with Gasteiger partial charge in [-0.1, -0.05) is 6.07 Å². The van der Waals surface area contributed by atoms with E-state index in [1.165, 1.54) is 36.3 Å². The van der Waals surface area contributed by atoms with E-state index >= 15 is 0 Å². The van der Waals surface area contributed by atoms with Crippen molar-refractivity contribution in [1.29, 1.82) is 0 Å². The second kappa shape index (κ2) is 7.40. The number of thiazole rings is 1. The summed E-state index contributed by atoms with van der Waals surface area (Å²) in [6, 6.07) is 4.71. The molecule has 2 bridgehead atoms. The molecule has 0 saturated carbocycles. The van der Waals surface area contributed by atoms with Gasteiger partial charge in [-0.3, -0.25) is 4.79 Å². The van der Waals surface area contributed by atoms with Crippen LogP contribution < -0.4 is 10.6 Å². The highest BCUT2D eigenvalue weighted by molar-refractivity contribution is 7.15. The van der Waals surface area contributed by atoms with E-state index in [0.29, 0.717) is 41.5 Å². The van der Waals surface area contributed by atoms with E-state index in [4.69, 9.17) is 0 Å². The molecule has 4 nitrogen and oxygen atoms in total. The SMILES string of the molecule is O=C(CC1CC2CCC(C1)N2)Nc1ncc(Cc2ccc(F)cc2F)s1. The van der Waals surface area contributed by atoms with E-state index in [9.17, 15) is 13.6 Å². The van der Waals surface area contributed by atoms with Gasteiger partial charge in [-0.2, -0.15) is 0 Å². The van der Waals surface area contributed by atoms with Crippen molar-refractivity contribution in [3.8, 4) is 0 Å². The Hall–Kier alpha value is -1.86. The molecule has 1 aromatic carbocycles. The molecular weight excluding hydrogens is 356 g/mol. The summed E-state index contributed by atoms with van der Waals surface area (Å²) in [6.45, 7) is 0. The molecule has 7 heteroatoms. The number of anilines is 1. The number of halogens is 2. The molecule has 2 aliphatic heterocycles. The van der Waals surface area contributed by atoms with Gasteiger partial charge in [0.1, 0.15) is 11.6 Å². The molecule has 2 atom stereocenters. The minimum absolute atomic E-state index is 0.00911. The van der Waals surface area contributed by atoms with Crippen molar-refractivity contribution in [2.75, 3.05) is 5.32 Å². The third kappa shape index (κ3) is 4.10. The predicted molar refractivity (Wildman–Crippen MR) is 97.2 cm³/mol. The van der Waals surface area contributed by atoms with Gasteiger partial charge in [-0.05, 0) is 43.2 Å². The molecule has 0 radical (unpaired) electrons. The van der Waals surface area contributed by atoms with E-state index in [2.05, 4.69) is 15.6 Å². The zero-order valence-electron chi connectivity index (χ0n) is 14.3. The smallest absolute Gasteiger partial charge is 0.226 e. The monoisotopic (exact) mass is 377 g/mol. The summed E-state index contributed by atoms with van der Waals surface area (Å²) in [7, 11) is 0. The molecule has 2 aromatic rings. The van der Waals surface area contributed by atoms with Crippen molar-refractivity contribution in [3.63, 3.8) is 0 Å². The number of nitrogens with zero attached hydrogens (tertiary/aromatic N) is 1. The maximum absolute atomic E-state index is 13.8. The van der Waals surface area contributed by atoms with Crippen LogP contribution in [-0.4, -0.2) is 23.0 Å². The Kier molecular flexibility index (Phi) is 5.00. The number of carbonyl (C=O) groups is 1. The first-order chi connectivity index (χ1) is 12.5. The largest absolute Gasteiger partial charge is 0.311 e. The Morgan fingerprint density at radius 1 is 1.27 bits per heavy atom. The van der Waals surface area contributed by atoms with Gasteiger partial charge >= 0.3 is 0 Å². The van der Waals surface area contributed by atoms with Crippen LogP contribution in [0.4, 0.5) is 13.9 Å². The zero-order valence-corrected chi connectivity index (χ0v) is 15.1. The lowest BCUT2D eigenvalue weighted by Crippen LogP contribution is -2.39. The maximum atomic E-state index is 13.8. The molecule has 1 aromatic heterocycles. The maximum Gasteiger partial charge on any atom is 0.226 e. The standard InChI is InChI=1S/C19H21F2N3OS/c20-13-2-1-12(17(21)9-13)8-16-10-22-19(26-16)24-18(25)7-11-5-14-3-4-15(6-11)23-14/h1-2,9-11,14-15,23H,3-8H2,(H,22,24,25). The van der Waals surface area contributed by atoms with E-state index in [0.717, 1.165) is 23.8 Å². The Morgan fingerprint density at radius 3 is 2.77 bits per heavy atom. The van der Waals surface area contributed by atoms with Crippen LogP contribution in [0.1, 0.15) is 42.5 Å². The Bertz CT molecular complexity index is 798. The average molecular weight is 377 g/mol. The molecule has 3 heterocycles. The fraction of sp³-hybridized carbons (Fsp3) is 0.474. The number of benzene rings is 1. The quantitative estimate of drug-likeness (QED) is 0.832. The summed E-state index contributed by atoms with van der Waals surface area (Å²) in [4.78, 5) is 17.3. The van der Waals surface area contributed by atoms with Crippen LogP contribution >= 0.6 is 11.3 Å². The fourth-order valence-electron chi connectivity index (χ4n) is 4.07. The van der Waals surface area contributed by atoms with Gasteiger partial charge in [0.25, 0.3) is 0 Å². The molecule has 2 unspecified atom stereocenters. The van der Waals surface area contributed by atoms with Crippen LogP contribution in [0.2, 0.25) is 0 Å². The third-order valence-corrected chi connectivity index (χ3v) is 6.14. The van der Waals surface area contributed by atoms with Crippen LogP contribution in [0, 0.1) is 17.6 Å². The van der Waals surface area contributed by atoms with E-state index in [1.807, 2.05) is 0 Å². The van der Waals surface area contributed by atoms with Crippen molar-refractivity contribution < 1.29 is 13.6 Å². The molecule has 0 spiro atoms. The lowest BCUT2D eigenvalue weighted by molar-refractivity contribution is -0.117. The number of aromatic nitrogens is 1. The molecule has 26 heavy (non-hydrogen) atoms. The van der Waals surface area contributed by atoms with Crippen molar-refractivity contribution in [3.05, 3.63) is 46.5 Å². The molecule has 138 valence electrons. The van der Waals surface area contributed by atoms with Crippen LogP contribution in [-0.2, 0) is 11.2 Å². The second-order valence-electron chi connectivity index (χ2n) is 7.27. The van der Waals surface area contributed by atoms with E-state index in [1.54, 1.807) is 6.20 Å². The first-order valence-electron chi connectivity index (χ1n) is 8.99. The Morgan fingerprint density at radius 2 is 2.04 bits per heavy atom. The molecular formula is C19H21F2N3OS. The summed E-state index contributed by atoms with van der Waals surface area (Å²) >= 11 is 1.33. The van der Waals surface area contributed by atoms with Gasteiger partial charge < -0.3 is 10.6 Å². The minimum Gasteiger partial charge on any atom is -0.311 e. The van der Waals surface area contributed by atoms with Crippen molar-refractivity contribution in [2.24, 2.45) is 5.92 Å². The highest BCUT2D eigenvalue weighted by atomic mass is 32.1. The van der Waals surface area contributed by atoms with Crippen LogP contribution in [0.15, 0.2) is 24.4 Å². The number of hydrogen-bond acceptors (Lipinski definition) is 4. The van der Waals surface area contributed by atoms with Crippen molar-refractivity contribution in [1.82, 2.24) is 10.3 Å². The summed E-state index contributed by atoms with van der Waals surface area (Å²) in [5.74, 6) is -0.731. The number of fused-ring (bicyclic) bond motifs is 2. The predicted octanol–water partition coefficient (Wildman–Crippen LogP) is 3.87. The van der Waals surface area contributed by atoms with Gasteiger partial charge in [0.15, 0.2) is 5.13 Å².